The summed E-state index contributed by atoms with van der Waals surface area (Å²) >= 11 is 0. The Balaban J connectivity index is 1.32. The Morgan fingerprint density at radius 3 is 2.17 bits per heavy atom. The molecule has 0 atom stereocenters. The number of aryl methyl sites for hydroxylation is 1. The minimum Gasteiger partial charge on any atom is -0.206 e. The Bertz CT molecular complexity index is 806. The monoisotopic (exact) mass is 408 g/mol. The Labute approximate surface area is 183 Å². The quantitative estimate of drug-likeness (QED) is 0.400. The third-order valence-electron chi connectivity index (χ3n) is 8.44. The molecule has 0 radical (unpaired) electrons. The van der Waals surface area contributed by atoms with Crippen LogP contribution in [0.3, 0.4) is 0 Å². The van der Waals surface area contributed by atoms with Crippen LogP contribution in [0.4, 0.5) is 4.39 Å². The van der Waals surface area contributed by atoms with Crippen molar-refractivity contribution < 1.29 is 4.39 Å². The van der Waals surface area contributed by atoms with Crippen LogP contribution >= 0.6 is 0 Å². The summed E-state index contributed by atoms with van der Waals surface area (Å²) in [6, 6.07) is 10.5. The molecule has 0 aromatic heterocycles. The first-order chi connectivity index (χ1) is 14.7. The molecule has 2 aliphatic carbocycles. The lowest BCUT2D eigenvalue weighted by Crippen LogP contribution is -2.25. The van der Waals surface area contributed by atoms with Gasteiger partial charge in [-0.1, -0.05) is 82.7 Å². The van der Waals surface area contributed by atoms with Crippen LogP contribution in [0.15, 0.2) is 30.3 Å². The van der Waals surface area contributed by atoms with Crippen LogP contribution in [0, 0.1) is 23.6 Å². The normalized spacial score (nSPS) is 27.4. The van der Waals surface area contributed by atoms with Gasteiger partial charge < -0.3 is 0 Å². The highest BCUT2D eigenvalue weighted by molar-refractivity contribution is 5.84. The summed E-state index contributed by atoms with van der Waals surface area (Å²) in [5, 5.41) is 1.87. The van der Waals surface area contributed by atoms with Crippen molar-refractivity contribution in [2.75, 3.05) is 0 Å². The number of halogens is 1. The Hall–Kier alpha value is -1.37. The lowest BCUT2D eigenvalue weighted by molar-refractivity contribution is 0.155. The minimum atomic E-state index is 0.0474. The second-order valence-electron chi connectivity index (χ2n) is 10.3. The number of fused-ring (bicyclic) bond motifs is 1. The predicted molar refractivity (Wildman–Crippen MR) is 128 cm³/mol. The number of benzene rings is 2. The third kappa shape index (κ3) is 4.92. The fourth-order valence-corrected chi connectivity index (χ4v) is 6.43. The SMILES string of the molecule is CCCCCC1CCC(C2CCC(c3ccc4cc(CC)ccc4c3F)CC2)CC1. The van der Waals surface area contributed by atoms with Gasteiger partial charge in [0.25, 0.3) is 0 Å². The van der Waals surface area contributed by atoms with Crippen LogP contribution in [0.25, 0.3) is 10.8 Å². The first-order valence-corrected chi connectivity index (χ1v) is 12.9. The summed E-state index contributed by atoms with van der Waals surface area (Å²) in [5.41, 5.74) is 2.26. The van der Waals surface area contributed by atoms with Crippen LogP contribution < -0.4 is 0 Å². The van der Waals surface area contributed by atoms with Crippen molar-refractivity contribution in [2.45, 2.75) is 103 Å². The van der Waals surface area contributed by atoms with E-state index in [0.29, 0.717) is 5.92 Å². The molecule has 0 saturated heterocycles. The summed E-state index contributed by atoms with van der Waals surface area (Å²) in [5.74, 6) is 3.31. The van der Waals surface area contributed by atoms with Gasteiger partial charge in [-0.15, -0.1) is 0 Å². The fraction of sp³-hybridized carbons (Fsp3) is 0.655. The van der Waals surface area contributed by atoms with Crippen LogP contribution in [-0.2, 0) is 6.42 Å². The molecule has 4 rings (SSSR count). The maximum Gasteiger partial charge on any atom is 0.134 e. The molecule has 0 aliphatic heterocycles. The van der Waals surface area contributed by atoms with Crippen LogP contribution in [0.5, 0.6) is 0 Å². The van der Waals surface area contributed by atoms with Crippen LogP contribution in [-0.4, -0.2) is 0 Å². The predicted octanol–water partition coefficient (Wildman–Crippen LogP) is 9.20. The Morgan fingerprint density at radius 1 is 0.800 bits per heavy atom. The summed E-state index contributed by atoms with van der Waals surface area (Å²) in [4.78, 5) is 0. The largest absolute Gasteiger partial charge is 0.206 e. The molecule has 2 aliphatic rings. The molecule has 0 N–H and O–H groups in total. The van der Waals surface area contributed by atoms with Crippen LogP contribution in [0.1, 0.15) is 108 Å². The van der Waals surface area contributed by atoms with E-state index < -0.39 is 0 Å². The van der Waals surface area contributed by atoms with Gasteiger partial charge in [-0.05, 0) is 85.1 Å². The zero-order chi connectivity index (χ0) is 20.9. The van der Waals surface area contributed by atoms with E-state index in [1.54, 1.807) is 0 Å². The van der Waals surface area contributed by atoms with Gasteiger partial charge in [-0.3, -0.25) is 0 Å². The van der Waals surface area contributed by atoms with E-state index in [1.165, 1.54) is 82.6 Å². The molecule has 164 valence electrons. The van der Waals surface area contributed by atoms with Crippen molar-refractivity contribution in [1.82, 2.24) is 0 Å². The molecule has 2 fully saturated rings. The second kappa shape index (κ2) is 10.3. The maximum absolute atomic E-state index is 15.3. The summed E-state index contributed by atoms with van der Waals surface area (Å²) < 4.78 is 15.3. The van der Waals surface area contributed by atoms with Crippen molar-refractivity contribution in [3.05, 3.63) is 47.3 Å². The zero-order valence-electron chi connectivity index (χ0n) is 19.3. The van der Waals surface area contributed by atoms with E-state index in [1.807, 2.05) is 6.07 Å². The summed E-state index contributed by atoms with van der Waals surface area (Å²) in [7, 11) is 0. The van der Waals surface area contributed by atoms with E-state index in [0.717, 1.165) is 40.5 Å². The molecule has 2 aromatic rings. The molecule has 2 saturated carbocycles. The van der Waals surface area contributed by atoms with Gasteiger partial charge >= 0.3 is 0 Å². The van der Waals surface area contributed by atoms with Gasteiger partial charge in [0.15, 0.2) is 0 Å². The first kappa shape index (κ1) is 21.8. The molecule has 0 spiro atoms. The number of unbranched alkanes of at least 4 members (excludes halogenated alkanes) is 2. The summed E-state index contributed by atoms with van der Waals surface area (Å²) in [6.07, 6.45) is 17.5. The smallest absolute Gasteiger partial charge is 0.134 e. The van der Waals surface area contributed by atoms with E-state index in [4.69, 9.17) is 0 Å². The molecular weight excluding hydrogens is 367 g/mol. The number of hydrogen-bond donors (Lipinski definition) is 0. The molecule has 0 nitrogen and oxygen atoms in total. The van der Waals surface area contributed by atoms with E-state index in [9.17, 15) is 0 Å². The van der Waals surface area contributed by atoms with Gasteiger partial charge in [0.2, 0.25) is 0 Å². The van der Waals surface area contributed by atoms with Crippen molar-refractivity contribution >= 4 is 10.8 Å². The molecular formula is C29H41F. The van der Waals surface area contributed by atoms with Gasteiger partial charge in [-0.2, -0.15) is 0 Å². The molecule has 30 heavy (non-hydrogen) atoms. The first-order valence-electron chi connectivity index (χ1n) is 12.9. The van der Waals surface area contributed by atoms with Crippen molar-refractivity contribution in [1.29, 1.82) is 0 Å². The molecule has 0 heterocycles. The fourth-order valence-electron chi connectivity index (χ4n) is 6.43. The highest BCUT2D eigenvalue weighted by Gasteiger charge is 2.32. The lowest BCUT2D eigenvalue weighted by Gasteiger charge is -2.38. The molecule has 1 heteroatoms. The molecule has 0 amide bonds. The van der Waals surface area contributed by atoms with Crippen LogP contribution in [0.2, 0.25) is 0 Å². The minimum absolute atomic E-state index is 0.0474. The van der Waals surface area contributed by atoms with Gasteiger partial charge in [-0.25, -0.2) is 4.39 Å². The standard InChI is InChI=1S/C29H41F/c1-3-5-6-7-22-8-11-23(12-9-22)24-13-15-25(16-14-24)27-19-17-26-20-21(4-2)10-18-28(26)29(27)30/h10,17-20,22-25H,3-9,11-16H2,1-2H3. The Morgan fingerprint density at radius 2 is 1.50 bits per heavy atom. The number of rotatable bonds is 7. The van der Waals surface area contributed by atoms with Gasteiger partial charge in [0.1, 0.15) is 5.82 Å². The van der Waals surface area contributed by atoms with Crippen molar-refractivity contribution in [3.8, 4) is 0 Å². The van der Waals surface area contributed by atoms with Gasteiger partial charge in [0, 0.05) is 5.39 Å². The average molecular weight is 409 g/mol. The Kier molecular flexibility index (Phi) is 7.50. The molecule has 0 unspecified atom stereocenters. The van der Waals surface area contributed by atoms with E-state index in [-0.39, 0.29) is 5.82 Å². The lowest BCUT2D eigenvalue weighted by atomic mass is 9.68. The highest BCUT2D eigenvalue weighted by atomic mass is 19.1. The average Bonchev–Trinajstić information content (AvgIpc) is 2.80. The maximum atomic E-state index is 15.3. The number of hydrogen-bond acceptors (Lipinski definition) is 0. The molecule has 0 bridgehead atoms. The summed E-state index contributed by atoms with van der Waals surface area (Å²) in [6.45, 7) is 4.46. The van der Waals surface area contributed by atoms with Crippen molar-refractivity contribution in [2.24, 2.45) is 17.8 Å². The van der Waals surface area contributed by atoms with E-state index >= 15 is 4.39 Å². The highest BCUT2D eigenvalue weighted by Crippen LogP contribution is 2.45. The third-order valence-corrected chi connectivity index (χ3v) is 8.44. The zero-order valence-corrected chi connectivity index (χ0v) is 19.3. The molecule has 2 aromatic carbocycles. The second-order valence-corrected chi connectivity index (χ2v) is 10.3. The van der Waals surface area contributed by atoms with Gasteiger partial charge in [0.05, 0.1) is 0 Å². The topological polar surface area (TPSA) is 0 Å². The van der Waals surface area contributed by atoms with Crippen molar-refractivity contribution in [3.63, 3.8) is 0 Å². The van der Waals surface area contributed by atoms with E-state index in [2.05, 4.69) is 38.1 Å².